The molecule has 1 aromatic carbocycles. The van der Waals surface area contributed by atoms with Crippen molar-refractivity contribution in [3.8, 4) is 0 Å². The molecule has 6 nitrogen and oxygen atoms in total. The summed E-state index contributed by atoms with van der Waals surface area (Å²) in [6.07, 6.45) is 3.11. The third-order valence-corrected chi connectivity index (χ3v) is 6.43. The Morgan fingerprint density at radius 3 is 2.36 bits per heavy atom. The molecule has 1 aliphatic rings. The molecule has 0 spiro atoms. The summed E-state index contributed by atoms with van der Waals surface area (Å²) >= 11 is 0. The van der Waals surface area contributed by atoms with Crippen LogP contribution in [0.1, 0.15) is 49.9 Å². The lowest BCUT2D eigenvalue weighted by molar-refractivity contribution is -0.121. The fourth-order valence-electron chi connectivity index (χ4n) is 2.66. The average Bonchev–Trinajstić information content (AvgIpc) is 3.39. The van der Waals surface area contributed by atoms with E-state index in [0.29, 0.717) is 24.3 Å². The van der Waals surface area contributed by atoms with Crippen LogP contribution in [-0.4, -0.2) is 44.0 Å². The molecule has 7 heteroatoms. The predicted molar refractivity (Wildman–Crippen MR) is 95.8 cm³/mol. The van der Waals surface area contributed by atoms with Crippen LogP contribution < -0.4 is 5.32 Å². The summed E-state index contributed by atoms with van der Waals surface area (Å²) in [5.74, 6) is 0.463. The molecule has 0 heterocycles. The van der Waals surface area contributed by atoms with Crippen LogP contribution in [0.3, 0.4) is 0 Å². The van der Waals surface area contributed by atoms with Crippen molar-refractivity contribution in [3.05, 3.63) is 29.8 Å². The molecule has 1 aliphatic carbocycles. The van der Waals surface area contributed by atoms with Crippen LogP contribution in [-0.2, 0) is 14.8 Å². The van der Waals surface area contributed by atoms with Crippen molar-refractivity contribution in [3.63, 3.8) is 0 Å². The van der Waals surface area contributed by atoms with Gasteiger partial charge in [-0.05, 0) is 51.2 Å². The molecule has 0 radical (unpaired) electrons. The second kappa shape index (κ2) is 8.10. The molecular formula is C18H26N2O4S. The van der Waals surface area contributed by atoms with Crippen molar-refractivity contribution in [1.82, 2.24) is 9.62 Å². The summed E-state index contributed by atoms with van der Waals surface area (Å²) in [7, 11) is -2.12. The van der Waals surface area contributed by atoms with Crippen molar-refractivity contribution in [2.24, 2.45) is 5.92 Å². The Morgan fingerprint density at radius 2 is 1.84 bits per heavy atom. The standard InChI is InChI=1S/C18H26N2O4S/c1-13(15-6-7-15)19-18(22)5-4-12-20(3)25(23,24)17-10-8-16(9-11-17)14(2)21/h8-11,13,15H,4-7,12H2,1-3H3,(H,19,22)/t13-/m1/s1. The van der Waals surface area contributed by atoms with Gasteiger partial charge in [0.2, 0.25) is 15.9 Å². The highest BCUT2D eigenvalue weighted by Gasteiger charge is 2.28. The zero-order valence-electron chi connectivity index (χ0n) is 15.0. The van der Waals surface area contributed by atoms with E-state index in [0.717, 1.165) is 0 Å². The van der Waals surface area contributed by atoms with Crippen LogP contribution in [0.2, 0.25) is 0 Å². The molecule has 0 saturated heterocycles. The first-order valence-corrected chi connectivity index (χ1v) is 10.0. The number of carbonyl (C=O) groups excluding carboxylic acids is 2. The third-order valence-electron chi connectivity index (χ3n) is 4.56. The van der Waals surface area contributed by atoms with E-state index in [4.69, 9.17) is 0 Å². The highest BCUT2D eigenvalue weighted by atomic mass is 32.2. The molecule has 0 unspecified atom stereocenters. The highest BCUT2D eigenvalue weighted by Crippen LogP contribution is 2.32. The van der Waals surface area contributed by atoms with Crippen LogP contribution in [0.15, 0.2) is 29.2 Å². The van der Waals surface area contributed by atoms with E-state index in [1.54, 1.807) is 0 Å². The molecule has 1 aromatic rings. The first-order valence-electron chi connectivity index (χ1n) is 8.58. The number of amides is 1. The Bertz CT molecular complexity index is 724. The lowest BCUT2D eigenvalue weighted by Gasteiger charge is -2.18. The van der Waals surface area contributed by atoms with E-state index >= 15 is 0 Å². The van der Waals surface area contributed by atoms with Gasteiger partial charge in [0.25, 0.3) is 0 Å². The van der Waals surface area contributed by atoms with Crippen LogP contribution >= 0.6 is 0 Å². The number of rotatable bonds is 9. The van der Waals surface area contributed by atoms with Gasteiger partial charge in [-0.15, -0.1) is 0 Å². The van der Waals surface area contributed by atoms with Crippen molar-refractivity contribution in [2.45, 2.75) is 50.5 Å². The van der Waals surface area contributed by atoms with Gasteiger partial charge < -0.3 is 5.32 Å². The summed E-state index contributed by atoms with van der Waals surface area (Å²) < 4.78 is 26.3. The van der Waals surface area contributed by atoms with Crippen LogP contribution in [0.25, 0.3) is 0 Å². The van der Waals surface area contributed by atoms with E-state index in [1.165, 1.54) is 55.4 Å². The zero-order chi connectivity index (χ0) is 18.6. The van der Waals surface area contributed by atoms with Crippen molar-refractivity contribution >= 4 is 21.7 Å². The van der Waals surface area contributed by atoms with Crippen LogP contribution in [0, 0.1) is 5.92 Å². The topological polar surface area (TPSA) is 83.6 Å². The summed E-state index contributed by atoms with van der Waals surface area (Å²) in [6, 6.07) is 6.10. The molecule has 1 N–H and O–H groups in total. The molecule has 2 rings (SSSR count). The number of carbonyl (C=O) groups is 2. The number of hydrogen-bond donors (Lipinski definition) is 1. The van der Waals surface area contributed by atoms with E-state index in [1.807, 2.05) is 6.92 Å². The molecule has 0 aliphatic heterocycles. The molecule has 1 fully saturated rings. The highest BCUT2D eigenvalue weighted by molar-refractivity contribution is 7.89. The Balaban J connectivity index is 1.84. The van der Waals surface area contributed by atoms with E-state index in [9.17, 15) is 18.0 Å². The molecule has 1 saturated carbocycles. The molecule has 1 atom stereocenters. The maximum Gasteiger partial charge on any atom is 0.242 e. The van der Waals surface area contributed by atoms with Crippen molar-refractivity contribution < 1.29 is 18.0 Å². The monoisotopic (exact) mass is 366 g/mol. The molecule has 0 aromatic heterocycles. The molecule has 25 heavy (non-hydrogen) atoms. The maximum atomic E-state index is 12.5. The van der Waals surface area contributed by atoms with Crippen LogP contribution in [0.5, 0.6) is 0 Å². The molecule has 1 amide bonds. The zero-order valence-corrected chi connectivity index (χ0v) is 15.8. The van der Waals surface area contributed by atoms with Crippen LogP contribution in [0.4, 0.5) is 0 Å². The molecule has 138 valence electrons. The molecular weight excluding hydrogens is 340 g/mol. The number of nitrogens with one attached hydrogen (secondary N) is 1. The second-order valence-corrected chi connectivity index (χ2v) is 8.75. The lowest BCUT2D eigenvalue weighted by atomic mass is 10.2. The van der Waals surface area contributed by atoms with Gasteiger partial charge in [0, 0.05) is 31.6 Å². The minimum Gasteiger partial charge on any atom is -0.353 e. The van der Waals surface area contributed by atoms with Gasteiger partial charge in [-0.25, -0.2) is 12.7 Å². The fourth-order valence-corrected chi connectivity index (χ4v) is 3.87. The molecule has 0 bridgehead atoms. The largest absolute Gasteiger partial charge is 0.353 e. The summed E-state index contributed by atoms with van der Waals surface area (Å²) in [5.41, 5.74) is 0.475. The van der Waals surface area contributed by atoms with Gasteiger partial charge in [0.1, 0.15) is 0 Å². The first-order chi connectivity index (χ1) is 11.7. The number of Topliss-reactive ketones (excluding diaryl/α,β-unsaturated/α-hetero) is 1. The van der Waals surface area contributed by atoms with Gasteiger partial charge in [0.05, 0.1) is 4.90 Å². The Hall–Kier alpha value is -1.73. The second-order valence-electron chi connectivity index (χ2n) is 6.70. The van der Waals surface area contributed by atoms with E-state index in [-0.39, 0.29) is 29.2 Å². The number of nitrogens with zero attached hydrogens (tertiary/aromatic N) is 1. The first kappa shape index (κ1) is 19.6. The van der Waals surface area contributed by atoms with Gasteiger partial charge in [0.15, 0.2) is 5.78 Å². The summed E-state index contributed by atoms with van der Waals surface area (Å²) in [5, 5.41) is 2.96. The number of ketones is 1. The number of benzene rings is 1. The minimum absolute atomic E-state index is 0.0315. The number of hydrogen-bond acceptors (Lipinski definition) is 4. The lowest BCUT2D eigenvalue weighted by Crippen LogP contribution is -2.34. The quantitative estimate of drug-likeness (QED) is 0.679. The van der Waals surface area contributed by atoms with Gasteiger partial charge in [-0.1, -0.05) is 12.1 Å². The SMILES string of the molecule is CC(=O)c1ccc(S(=O)(=O)N(C)CCCC(=O)N[C@H](C)C2CC2)cc1. The van der Waals surface area contributed by atoms with E-state index < -0.39 is 10.0 Å². The maximum absolute atomic E-state index is 12.5. The van der Waals surface area contributed by atoms with Gasteiger partial charge in [-0.3, -0.25) is 9.59 Å². The van der Waals surface area contributed by atoms with E-state index in [2.05, 4.69) is 5.32 Å². The normalized spacial score (nSPS) is 15.8. The van der Waals surface area contributed by atoms with Crippen molar-refractivity contribution in [1.29, 1.82) is 0 Å². The number of sulfonamides is 1. The predicted octanol–water partition coefficient (Wildman–Crippen LogP) is 2.20. The fraction of sp³-hybridized carbons (Fsp3) is 0.556. The Morgan fingerprint density at radius 1 is 1.24 bits per heavy atom. The Kier molecular flexibility index (Phi) is 6.35. The summed E-state index contributed by atoms with van der Waals surface area (Å²) in [6.45, 7) is 3.71. The van der Waals surface area contributed by atoms with Crippen molar-refractivity contribution in [2.75, 3.05) is 13.6 Å². The summed E-state index contributed by atoms with van der Waals surface area (Å²) in [4.78, 5) is 23.3. The average molecular weight is 366 g/mol. The smallest absolute Gasteiger partial charge is 0.242 e. The van der Waals surface area contributed by atoms with Gasteiger partial charge >= 0.3 is 0 Å². The third kappa shape index (κ3) is 5.37. The minimum atomic E-state index is -3.62. The Labute approximate surface area is 149 Å². The van der Waals surface area contributed by atoms with Gasteiger partial charge in [-0.2, -0.15) is 0 Å².